The average molecular weight is 196 g/mol. The van der Waals surface area contributed by atoms with Crippen LogP contribution in [0, 0.1) is 10.1 Å². The Morgan fingerprint density at radius 2 is 2.29 bits per heavy atom. The van der Waals surface area contributed by atoms with E-state index in [9.17, 15) is 14.9 Å². The highest BCUT2D eigenvalue weighted by atomic mass is 16.6. The predicted octanol–water partition coefficient (Wildman–Crippen LogP) is 0.274. The molecule has 0 heterocycles. The molecule has 74 valence electrons. The molecule has 1 rings (SSSR count). The van der Waals surface area contributed by atoms with Crippen molar-refractivity contribution < 1.29 is 14.8 Å². The smallest absolute Gasteiger partial charge is 0.270 e. The molecule has 1 aromatic carbocycles. The van der Waals surface area contributed by atoms with Crippen molar-refractivity contribution in [3.05, 3.63) is 39.9 Å². The lowest BCUT2D eigenvalue weighted by molar-refractivity contribution is -0.384. The van der Waals surface area contributed by atoms with E-state index >= 15 is 0 Å². The number of nitro groups is 1. The maximum atomic E-state index is 11.1. The molecule has 6 nitrogen and oxygen atoms in total. The van der Waals surface area contributed by atoms with E-state index in [2.05, 4.69) is 5.32 Å². The van der Waals surface area contributed by atoms with Crippen molar-refractivity contribution in [2.24, 2.45) is 0 Å². The van der Waals surface area contributed by atoms with Gasteiger partial charge in [0.2, 0.25) is 0 Å². The number of aliphatic hydroxyl groups is 1. The normalized spacial score (nSPS) is 9.50. The number of aliphatic hydroxyl groups excluding tert-OH is 1. The monoisotopic (exact) mass is 196 g/mol. The van der Waals surface area contributed by atoms with Gasteiger partial charge < -0.3 is 10.4 Å². The Balaban J connectivity index is 2.93. The first-order chi connectivity index (χ1) is 6.65. The Hall–Kier alpha value is -1.95. The topological polar surface area (TPSA) is 92.5 Å². The van der Waals surface area contributed by atoms with E-state index in [-0.39, 0.29) is 11.3 Å². The summed E-state index contributed by atoms with van der Waals surface area (Å²) >= 11 is 0. The number of hydrogen-bond acceptors (Lipinski definition) is 4. The van der Waals surface area contributed by atoms with Crippen LogP contribution < -0.4 is 5.32 Å². The number of nitrogens with zero attached hydrogens (tertiary/aromatic N) is 1. The SMILES string of the molecule is O=C(NCO)c1cccc([N+](=O)[O-])c1. The number of amides is 1. The van der Waals surface area contributed by atoms with Crippen molar-refractivity contribution in [2.75, 3.05) is 6.73 Å². The first kappa shape index (κ1) is 10.1. The molecule has 0 aliphatic carbocycles. The molecule has 0 spiro atoms. The Bertz CT molecular complexity index is 364. The fourth-order valence-electron chi connectivity index (χ4n) is 0.935. The molecular formula is C8H8N2O4. The van der Waals surface area contributed by atoms with E-state index in [1.54, 1.807) is 0 Å². The van der Waals surface area contributed by atoms with Crippen LogP contribution in [0.25, 0.3) is 0 Å². The highest BCUT2D eigenvalue weighted by Crippen LogP contribution is 2.12. The maximum absolute atomic E-state index is 11.1. The van der Waals surface area contributed by atoms with Crippen LogP contribution in [0.15, 0.2) is 24.3 Å². The quantitative estimate of drug-likeness (QED) is 0.412. The molecule has 0 aromatic heterocycles. The Kier molecular flexibility index (Phi) is 3.14. The summed E-state index contributed by atoms with van der Waals surface area (Å²) in [5.41, 5.74) is -0.0103. The summed E-state index contributed by atoms with van der Waals surface area (Å²) < 4.78 is 0. The molecule has 0 bridgehead atoms. The van der Waals surface area contributed by atoms with Gasteiger partial charge in [-0.25, -0.2) is 0 Å². The van der Waals surface area contributed by atoms with Crippen LogP contribution in [0.2, 0.25) is 0 Å². The van der Waals surface area contributed by atoms with Crippen molar-refractivity contribution in [3.8, 4) is 0 Å². The molecule has 0 radical (unpaired) electrons. The molecule has 1 amide bonds. The van der Waals surface area contributed by atoms with Crippen molar-refractivity contribution >= 4 is 11.6 Å². The molecule has 6 heteroatoms. The van der Waals surface area contributed by atoms with Gasteiger partial charge >= 0.3 is 0 Å². The zero-order valence-corrected chi connectivity index (χ0v) is 7.14. The first-order valence-electron chi connectivity index (χ1n) is 3.78. The molecule has 0 unspecified atom stereocenters. The van der Waals surface area contributed by atoms with E-state index in [4.69, 9.17) is 5.11 Å². The lowest BCUT2D eigenvalue weighted by atomic mass is 10.2. The fraction of sp³-hybridized carbons (Fsp3) is 0.125. The largest absolute Gasteiger partial charge is 0.376 e. The van der Waals surface area contributed by atoms with E-state index in [0.29, 0.717) is 0 Å². The van der Waals surface area contributed by atoms with Gasteiger partial charge in [0.05, 0.1) is 4.92 Å². The molecule has 2 N–H and O–H groups in total. The first-order valence-corrected chi connectivity index (χ1v) is 3.78. The Morgan fingerprint density at radius 3 is 2.86 bits per heavy atom. The minimum Gasteiger partial charge on any atom is -0.376 e. The van der Waals surface area contributed by atoms with Crippen LogP contribution in [0.3, 0.4) is 0 Å². The Labute approximate surface area is 79.3 Å². The second kappa shape index (κ2) is 4.33. The molecule has 0 aliphatic rings. The van der Waals surface area contributed by atoms with Gasteiger partial charge in [0.25, 0.3) is 11.6 Å². The zero-order chi connectivity index (χ0) is 10.6. The second-order valence-electron chi connectivity index (χ2n) is 2.47. The summed E-state index contributed by atoms with van der Waals surface area (Å²) in [6.07, 6.45) is 0. The summed E-state index contributed by atoms with van der Waals surface area (Å²) in [7, 11) is 0. The second-order valence-corrected chi connectivity index (χ2v) is 2.47. The summed E-state index contributed by atoms with van der Waals surface area (Å²) in [4.78, 5) is 20.9. The van der Waals surface area contributed by atoms with Gasteiger partial charge in [0, 0.05) is 17.7 Å². The van der Waals surface area contributed by atoms with E-state index in [0.717, 1.165) is 6.07 Å². The van der Waals surface area contributed by atoms with Crippen molar-refractivity contribution in [2.45, 2.75) is 0 Å². The van der Waals surface area contributed by atoms with Gasteiger partial charge in [0.1, 0.15) is 6.73 Å². The van der Waals surface area contributed by atoms with Gasteiger partial charge in [-0.2, -0.15) is 0 Å². The number of nitro benzene ring substituents is 1. The molecule has 14 heavy (non-hydrogen) atoms. The number of nitrogens with one attached hydrogen (secondary N) is 1. The minimum absolute atomic E-state index is 0.147. The Morgan fingerprint density at radius 1 is 1.57 bits per heavy atom. The molecule has 0 aliphatic heterocycles. The van der Waals surface area contributed by atoms with E-state index in [1.807, 2.05) is 0 Å². The van der Waals surface area contributed by atoms with Crippen LogP contribution in [-0.4, -0.2) is 22.7 Å². The molecule has 0 saturated heterocycles. The number of non-ortho nitro benzene ring substituents is 1. The highest BCUT2D eigenvalue weighted by Gasteiger charge is 2.10. The lowest BCUT2D eigenvalue weighted by Gasteiger charge is -2.00. The van der Waals surface area contributed by atoms with Gasteiger partial charge in [-0.15, -0.1) is 0 Å². The predicted molar refractivity (Wildman–Crippen MR) is 47.6 cm³/mol. The lowest BCUT2D eigenvalue weighted by Crippen LogP contribution is -2.23. The zero-order valence-electron chi connectivity index (χ0n) is 7.14. The summed E-state index contributed by atoms with van der Waals surface area (Å²) in [6.45, 7) is -0.498. The summed E-state index contributed by atoms with van der Waals surface area (Å²) in [6, 6.07) is 5.27. The molecule has 0 fully saturated rings. The van der Waals surface area contributed by atoms with Crippen molar-refractivity contribution in [1.82, 2.24) is 5.32 Å². The fourth-order valence-corrected chi connectivity index (χ4v) is 0.935. The minimum atomic E-state index is -0.588. The third-order valence-corrected chi connectivity index (χ3v) is 1.56. The van der Waals surface area contributed by atoms with Crippen LogP contribution >= 0.6 is 0 Å². The van der Waals surface area contributed by atoms with Crippen LogP contribution in [-0.2, 0) is 0 Å². The standard InChI is InChI=1S/C8H8N2O4/c11-5-9-8(12)6-2-1-3-7(4-6)10(13)14/h1-4,11H,5H2,(H,9,12). The van der Waals surface area contributed by atoms with Gasteiger partial charge in [-0.3, -0.25) is 14.9 Å². The van der Waals surface area contributed by atoms with Gasteiger partial charge in [-0.05, 0) is 6.07 Å². The molecule has 0 saturated carbocycles. The third kappa shape index (κ3) is 2.27. The van der Waals surface area contributed by atoms with Gasteiger partial charge in [-0.1, -0.05) is 6.07 Å². The number of hydrogen-bond donors (Lipinski definition) is 2. The van der Waals surface area contributed by atoms with Crippen LogP contribution in [0.4, 0.5) is 5.69 Å². The molecule has 1 aromatic rings. The average Bonchev–Trinajstić information content (AvgIpc) is 2.18. The number of carbonyl (C=O) groups excluding carboxylic acids is 1. The molecular weight excluding hydrogens is 188 g/mol. The van der Waals surface area contributed by atoms with Crippen LogP contribution in [0.5, 0.6) is 0 Å². The van der Waals surface area contributed by atoms with E-state index < -0.39 is 17.6 Å². The number of rotatable bonds is 3. The summed E-state index contributed by atoms with van der Waals surface area (Å²) in [5, 5.41) is 20.9. The van der Waals surface area contributed by atoms with E-state index in [1.165, 1.54) is 18.2 Å². The highest BCUT2D eigenvalue weighted by molar-refractivity contribution is 5.94. The third-order valence-electron chi connectivity index (χ3n) is 1.56. The molecule has 0 atom stereocenters. The van der Waals surface area contributed by atoms with Crippen molar-refractivity contribution in [1.29, 1.82) is 0 Å². The maximum Gasteiger partial charge on any atom is 0.270 e. The van der Waals surface area contributed by atoms with Gasteiger partial charge in [0.15, 0.2) is 0 Å². The van der Waals surface area contributed by atoms with Crippen molar-refractivity contribution in [3.63, 3.8) is 0 Å². The van der Waals surface area contributed by atoms with Crippen LogP contribution in [0.1, 0.15) is 10.4 Å². The number of benzene rings is 1. The number of carbonyl (C=O) groups is 1. The summed E-state index contributed by atoms with van der Waals surface area (Å²) in [5.74, 6) is -0.545.